The van der Waals surface area contributed by atoms with Gasteiger partial charge in [0.15, 0.2) is 0 Å². The van der Waals surface area contributed by atoms with E-state index in [2.05, 4.69) is 16.2 Å². The third-order valence-corrected chi connectivity index (χ3v) is 3.72. The number of nitrogens with two attached hydrogens (primary N) is 1. The summed E-state index contributed by atoms with van der Waals surface area (Å²) >= 11 is 1.23. The molecule has 2 heterocycles. The number of benzene rings is 1. The number of hydrogen-bond donors (Lipinski definition) is 1. The number of aryl methyl sites for hydroxylation is 2. The van der Waals surface area contributed by atoms with E-state index in [1.54, 1.807) is 6.20 Å². The largest absolute Gasteiger partial charge is 0.361 e. The van der Waals surface area contributed by atoms with Crippen LogP contribution in [0.3, 0.4) is 0 Å². The molecule has 0 bridgehead atoms. The molecule has 0 aliphatic rings. The van der Waals surface area contributed by atoms with E-state index in [-0.39, 0.29) is 0 Å². The lowest BCUT2D eigenvalue weighted by atomic mass is 10.0. The molecule has 0 aliphatic carbocycles. The van der Waals surface area contributed by atoms with E-state index >= 15 is 0 Å². The molecule has 4 nitrogen and oxygen atoms in total. The third-order valence-electron chi connectivity index (χ3n) is 3.13. The summed E-state index contributed by atoms with van der Waals surface area (Å²) in [6, 6.07) is 8.04. The average Bonchev–Trinajstić information content (AvgIpc) is 2.77. The summed E-state index contributed by atoms with van der Waals surface area (Å²) in [7, 11) is 0. The van der Waals surface area contributed by atoms with E-state index in [1.165, 1.54) is 11.9 Å². The molecule has 96 valence electrons. The highest BCUT2D eigenvalue weighted by molar-refractivity contribution is 7.97. The van der Waals surface area contributed by atoms with Gasteiger partial charge in [0.2, 0.25) is 0 Å². The maximum absolute atomic E-state index is 5.76. The van der Waals surface area contributed by atoms with E-state index < -0.39 is 0 Å². The Labute approximate surface area is 115 Å². The number of fused-ring (bicyclic) bond motifs is 1. The Hall–Kier alpha value is -1.85. The van der Waals surface area contributed by atoms with E-state index in [1.807, 2.05) is 32.0 Å². The predicted molar refractivity (Wildman–Crippen MR) is 76.8 cm³/mol. The van der Waals surface area contributed by atoms with Crippen LogP contribution < -0.4 is 5.14 Å². The van der Waals surface area contributed by atoms with Crippen molar-refractivity contribution in [2.24, 2.45) is 5.14 Å². The van der Waals surface area contributed by atoms with Gasteiger partial charge in [-0.15, -0.1) is 0 Å². The lowest BCUT2D eigenvalue weighted by Crippen LogP contribution is -1.89. The second kappa shape index (κ2) is 4.68. The van der Waals surface area contributed by atoms with Crippen LogP contribution in [0, 0.1) is 13.8 Å². The van der Waals surface area contributed by atoms with E-state index in [9.17, 15) is 0 Å². The normalized spacial score (nSPS) is 11.1. The molecule has 0 saturated heterocycles. The Morgan fingerprint density at radius 1 is 1.26 bits per heavy atom. The van der Waals surface area contributed by atoms with Crippen molar-refractivity contribution < 1.29 is 4.52 Å². The Morgan fingerprint density at radius 3 is 2.79 bits per heavy atom. The maximum Gasteiger partial charge on any atom is 0.141 e. The van der Waals surface area contributed by atoms with Crippen molar-refractivity contribution in [3.05, 3.63) is 41.9 Å². The second-order valence-corrected chi connectivity index (χ2v) is 5.04. The zero-order valence-corrected chi connectivity index (χ0v) is 11.5. The Kier molecular flexibility index (Phi) is 3.00. The number of nitrogens with zero attached hydrogens (tertiary/aromatic N) is 2. The van der Waals surface area contributed by atoms with Gasteiger partial charge in [-0.25, -0.2) is 0 Å². The smallest absolute Gasteiger partial charge is 0.141 e. The van der Waals surface area contributed by atoms with Crippen molar-refractivity contribution in [2.75, 3.05) is 0 Å². The molecular formula is C14H13N3OS. The van der Waals surface area contributed by atoms with Gasteiger partial charge in [-0.05, 0) is 49.6 Å². The monoisotopic (exact) mass is 271 g/mol. The van der Waals surface area contributed by atoms with Crippen molar-refractivity contribution in [2.45, 2.75) is 18.7 Å². The van der Waals surface area contributed by atoms with E-state index in [0.29, 0.717) is 0 Å². The third kappa shape index (κ3) is 2.01. The first-order chi connectivity index (χ1) is 9.20. The molecule has 2 N–H and O–H groups in total. The number of aromatic nitrogens is 2. The van der Waals surface area contributed by atoms with Crippen LogP contribution in [0.1, 0.15) is 11.5 Å². The fraction of sp³-hybridized carbons (Fsp3) is 0.143. The lowest BCUT2D eigenvalue weighted by Gasteiger charge is -2.07. The zero-order valence-electron chi connectivity index (χ0n) is 10.7. The highest BCUT2D eigenvalue weighted by atomic mass is 32.2. The molecule has 0 atom stereocenters. The van der Waals surface area contributed by atoms with Gasteiger partial charge in [-0.2, -0.15) is 0 Å². The summed E-state index contributed by atoms with van der Waals surface area (Å²) in [4.78, 5) is 5.40. The standard InChI is InChI=1S/C14H13N3OS/c1-8-14(9(2)18-17-8)10-6-12-11(4-3-5-16-12)13(7-10)19-15/h3-7H,15H2,1-2H3. The quantitative estimate of drug-likeness (QED) is 0.723. The summed E-state index contributed by atoms with van der Waals surface area (Å²) in [6.45, 7) is 3.84. The van der Waals surface area contributed by atoms with Crippen LogP contribution in [0.5, 0.6) is 0 Å². The van der Waals surface area contributed by atoms with Crippen LogP contribution in [0.2, 0.25) is 0 Å². The first kappa shape index (κ1) is 12.2. The molecular weight excluding hydrogens is 258 g/mol. The molecule has 2 aromatic heterocycles. The maximum atomic E-state index is 5.76. The first-order valence-corrected chi connectivity index (χ1v) is 6.77. The van der Waals surface area contributed by atoms with Crippen LogP contribution in [-0.4, -0.2) is 10.1 Å². The molecule has 3 rings (SSSR count). The van der Waals surface area contributed by atoms with Gasteiger partial charge in [0.1, 0.15) is 5.76 Å². The van der Waals surface area contributed by atoms with Crippen LogP contribution in [0.15, 0.2) is 39.9 Å². The molecule has 0 unspecified atom stereocenters. The minimum absolute atomic E-state index is 0.806. The summed E-state index contributed by atoms with van der Waals surface area (Å²) < 4.78 is 5.23. The molecule has 0 spiro atoms. The Bertz CT molecular complexity index is 732. The summed E-state index contributed by atoms with van der Waals surface area (Å²) in [6.07, 6.45) is 1.78. The zero-order chi connectivity index (χ0) is 13.4. The fourth-order valence-electron chi connectivity index (χ4n) is 2.29. The number of rotatable bonds is 2. The van der Waals surface area contributed by atoms with Crippen LogP contribution in [0.25, 0.3) is 22.0 Å². The predicted octanol–water partition coefficient (Wildman–Crippen LogP) is 3.47. The van der Waals surface area contributed by atoms with Gasteiger partial charge in [-0.3, -0.25) is 10.1 Å². The van der Waals surface area contributed by atoms with Gasteiger partial charge >= 0.3 is 0 Å². The minimum Gasteiger partial charge on any atom is -0.361 e. The minimum atomic E-state index is 0.806. The topological polar surface area (TPSA) is 64.9 Å². The Morgan fingerprint density at radius 2 is 2.11 bits per heavy atom. The molecule has 0 aliphatic heterocycles. The van der Waals surface area contributed by atoms with Crippen LogP contribution in [0.4, 0.5) is 0 Å². The van der Waals surface area contributed by atoms with Gasteiger partial charge in [0, 0.05) is 22.0 Å². The summed E-state index contributed by atoms with van der Waals surface area (Å²) in [5, 5.41) is 10.8. The summed E-state index contributed by atoms with van der Waals surface area (Å²) in [5.74, 6) is 0.806. The highest BCUT2D eigenvalue weighted by Gasteiger charge is 2.14. The van der Waals surface area contributed by atoms with Crippen molar-refractivity contribution in [1.29, 1.82) is 0 Å². The lowest BCUT2D eigenvalue weighted by molar-refractivity contribution is 0.393. The molecule has 5 heteroatoms. The van der Waals surface area contributed by atoms with Gasteiger partial charge in [0.25, 0.3) is 0 Å². The van der Waals surface area contributed by atoms with Crippen molar-refractivity contribution >= 4 is 22.9 Å². The molecule has 3 aromatic rings. The molecule has 0 saturated carbocycles. The van der Waals surface area contributed by atoms with E-state index in [4.69, 9.17) is 9.66 Å². The molecule has 0 radical (unpaired) electrons. The molecule has 0 fully saturated rings. The second-order valence-electron chi connectivity index (χ2n) is 4.36. The fourth-order valence-corrected chi connectivity index (χ4v) is 2.78. The SMILES string of the molecule is Cc1noc(C)c1-c1cc(SN)c2cccnc2c1. The highest BCUT2D eigenvalue weighted by Crippen LogP contribution is 2.33. The molecule has 0 amide bonds. The van der Waals surface area contributed by atoms with Gasteiger partial charge < -0.3 is 4.52 Å². The van der Waals surface area contributed by atoms with Crippen molar-refractivity contribution in [3.63, 3.8) is 0 Å². The van der Waals surface area contributed by atoms with Crippen LogP contribution in [-0.2, 0) is 0 Å². The molecule has 1 aromatic carbocycles. The number of hydrogen-bond acceptors (Lipinski definition) is 5. The molecule has 19 heavy (non-hydrogen) atoms. The summed E-state index contributed by atoms with van der Waals surface area (Å²) in [5.41, 5.74) is 3.85. The van der Waals surface area contributed by atoms with Crippen molar-refractivity contribution in [1.82, 2.24) is 10.1 Å². The first-order valence-electron chi connectivity index (χ1n) is 5.89. The van der Waals surface area contributed by atoms with E-state index in [0.717, 1.165) is 38.4 Å². The Balaban J connectivity index is 2.31. The van der Waals surface area contributed by atoms with Gasteiger partial charge in [-0.1, -0.05) is 11.2 Å². The van der Waals surface area contributed by atoms with Crippen LogP contribution >= 0.6 is 11.9 Å². The van der Waals surface area contributed by atoms with Crippen molar-refractivity contribution in [3.8, 4) is 11.1 Å². The number of pyridine rings is 1. The van der Waals surface area contributed by atoms with Gasteiger partial charge in [0.05, 0.1) is 11.2 Å². The average molecular weight is 271 g/mol.